The molecule has 3 rings (SSSR count). The number of carbonyl (C=O) groups excluding carboxylic acids is 2. The van der Waals surface area contributed by atoms with Gasteiger partial charge in [0.05, 0.1) is 26.5 Å². The van der Waals surface area contributed by atoms with Crippen LogP contribution in [0.4, 0.5) is 0 Å². The van der Waals surface area contributed by atoms with Gasteiger partial charge in [-0.3, -0.25) is 9.59 Å². The first-order valence-electron chi connectivity index (χ1n) is 9.49. The van der Waals surface area contributed by atoms with Crippen LogP contribution in [0.2, 0.25) is 0 Å². The summed E-state index contributed by atoms with van der Waals surface area (Å²) in [4.78, 5) is 25.5. The van der Waals surface area contributed by atoms with Crippen molar-refractivity contribution < 1.29 is 19.1 Å². The van der Waals surface area contributed by atoms with Crippen LogP contribution < -0.4 is 20.2 Å². The van der Waals surface area contributed by atoms with Gasteiger partial charge in [-0.15, -0.1) is 11.3 Å². The third kappa shape index (κ3) is 5.70. The van der Waals surface area contributed by atoms with E-state index in [4.69, 9.17) is 9.47 Å². The average Bonchev–Trinajstić information content (AvgIpc) is 3.31. The van der Waals surface area contributed by atoms with Gasteiger partial charge in [0.25, 0.3) is 11.8 Å². The predicted octanol–water partition coefficient (Wildman–Crippen LogP) is 3.70. The van der Waals surface area contributed by atoms with Gasteiger partial charge in [-0.1, -0.05) is 30.3 Å². The summed E-state index contributed by atoms with van der Waals surface area (Å²) in [5.41, 5.74) is 5.57. The molecule has 0 aliphatic carbocycles. The fraction of sp³-hybridized carbons (Fsp3) is 0.174. The summed E-state index contributed by atoms with van der Waals surface area (Å²) in [6.45, 7) is 1.61. The number of amides is 2. The van der Waals surface area contributed by atoms with Crippen LogP contribution in [0.5, 0.6) is 11.5 Å². The molecule has 0 fully saturated rings. The van der Waals surface area contributed by atoms with Crippen molar-refractivity contribution in [3.63, 3.8) is 0 Å². The van der Waals surface area contributed by atoms with E-state index in [9.17, 15) is 9.59 Å². The van der Waals surface area contributed by atoms with Crippen LogP contribution in [0.15, 0.2) is 65.1 Å². The van der Waals surface area contributed by atoms with E-state index in [1.165, 1.54) is 14.2 Å². The van der Waals surface area contributed by atoms with Gasteiger partial charge in [-0.05, 0) is 36.8 Å². The zero-order chi connectivity index (χ0) is 22.2. The van der Waals surface area contributed by atoms with Crippen molar-refractivity contribution in [2.75, 3.05) is 20.8 Å². The Morgan fingerprint density at radius 1 is 0.968 bits per heavy atom. The summed E-state index contributed by atoms with van der Waals surface area (Å²) in [7, 11) is 3.01. The second kappa shape index (κ2) is 10.4. The Labute approximate surface area is 184 Å². The van der Waals surface area contributed by atoms with Crippen molar-refractivity contribution in [3.05, 3.63) is 71.1 Å². The van der Waals surface area contributed by atoms with Crippen LogP contribution in [0.1, 0.15) is 22.8 Å². The lowest BCUT2D eigenvalue weighted by Crippen LogP contribution is -2.35. The number of carbonyl (C=O) groups is 2. The lowest BCUT2D eigenvalue weighted by atomic mass is 10.1. The summed E-state index contributed by atoms with van der Waals surface area (Å²) < 4.78 is 10.3. The third-order valence-electron chi connectivity index (χ3n) is 4.48. The molecule has 0 spiro atoms. The number of nitrogens with zero attached hydrogens (tertiary/aromatic N) is 1. The van der Waals surface area contributed by atoms with Gasteiger partial charge >= 0.3 is 0 Å². The Kier molecular flexibility index (Phi) is 7.40. The maximum Gasteiger partial charge on any atom is 0.259 e. The Morgan fingerprint density at radius 3 is 2.42 bits per heavy atom. The number of nitrogens with one attached hydrogen (secondary N) is 2. The highest BCUT2D eigenvalue weighted by Gasteiger charge is 2.12. The van der Waals surface area contributed by atoms with Gasteiger partial charge in [-0.2, -0.15) is 5.10 Å². The second-order valence-corrected chi connectivity index (χ2v) is 7.46. The minimum Gasteiger partial charge on any atom is -0.493 e. The van der Waals surface area contributed by atoms with Crippen molar-refractivity contribution in [2.45, 2.75) is 6.92 Å². The van der Waals surface area contributed by atoms with Crippen molar-refractivity contribution in [3.8, 4) is 21.9 Å². The number of rotatable bonds is 8. The van der Waals surface area contributed by atoms with Crippen LogP contribution in [-0.4, -0.2) is 38.3 Å². The predicted molar refractivity (Wildman–Crippen MR) is 122 cm³/mol. The zero-order valence-electron chi connectivity index (χ0n) is 17.5. The summed E-state index contributed by atoms with van der Waals surface area (Å²) in [5, 5.41) is 8.69. The molecule has 0 bridgehead atoms. The van der Waals surface area contributed by atoms with E-state index in [2.05, 4.69) is 15.8 Å². The van der Waals surface area contributed by atoms with Crippen molar-refractivity contribution >= 4 is 28.9 Å². The number of hydrogen-bond donors (Lipinski definition) is 2. The number of thiophene rings is 1. The Hall–Kier alpha value is -3.65. The molecule has 0 radical (unpaired) electrons. The van der Waals surface area contributed by atoms with E-state index in [0.29, 0.717) is 22.8 Å². The van der Waals surface area contributed by atoms with Crippen LogP contribution in [0.3, 0.4) is 0 Å². The number of hydrogen-bond acceptors (Lipinski definition) is 6. The molecule has 7 nitrogen and oxygen atoms in total. The number of hydrazone groups is 1. The maximum absolute atomic E-state index is 12.3. The van der Waals surface area contributed by atoms with Gasteiger partial charge in [-0.25, -0.2) is 5.43 Å². The first kappa shape index (κ1) is 22.0. The standard InChI is InChI=1S/C23H23N3O4S/c1-15(18-12-21(31-14-18)16-7-5-4-6-8-16)25-26-22(27)13-24-23(28)17-9-10-19(29-2)20(11-17)30-3/h4-12,14H,13H2,1-3H3,(H,24,28)(H,26,27). The Morgan fingerprint density at radius 2 is 1.71 bits per heavy atom. The molecule has 0 aliphatic heterocycles. The van der Waals surface area contributed by atoms with Crippen molar-refractivity contribution in [2.24, 2.45) is 5.10 Å². The van der Waals surface area contributed by atoms with E-state index >= 15 is 0 Å². The lowest BCUT2D eigenvalue weighted by Gasteiger charge is -2.09. The van der Waals surface area contributed by atoms with Gasteiger partial charge < -0.3 is 14.8 Å². The minimum atomic E-state index is -0.424. The SMILES string of the molecule is COc1ccc(C(=O)NCC(=O)NN=C(C)c2csc(-c3ccccc3)c2)cc1OC. The molecule has 31 heavy (non-hydrogen) atoms. The normalized spacial score (nSPS) is 11.0. The van der Waals surface area contributed by atoms with Crippen LogP contribution in [0, 0.1) is 0 Å². The molecule has 0 unspecified atom stereocenters. The number of ether oxygens (including phenoxy) is 2. The van der Waals surface area contributed by atoms with Crippen molar-refractivity contribution in [1.29, 1.82) is 0 Å². The topological polar surface area (TPSA) is 89.0 Å². The molecule has 1 heterocycles. The molecule has 0 saturated heterocycles. The lowest BCUT2D eigenvalue weighted by molar-refractivity contribution is -0.120. The quantitative estimate of drug-likeness (QED) is 0.415. The Balaban J connectivity index is 1.54. The molecular weight excluding hydrogens is 414 g/mol. The van der Waals surface area contributed by atoms with E-state index in [-0.39, 0.29) is 6.54 Å². The molecule has 0 aliphatic rings. The molecule has 0 atom stereocenters. The molecule has 2 N–H and O–H groups in total. The Bertz CT molecular complexity index is 1090. The zero-order valence-corrected chi connectivity index (χ0v) is 18.3. The molecule has 8 heteroatoms. The minimum absolute atomic E-state index is 0.205. The molecule has 2 aromatic carbocycles. The molecule has 0 saturated carbocycles. The monoisotopic (exact) mass is 437 g/mol. The second-order valence-electron chi connectivity index (χ2n) is 6.55. The first-order valence-corrected chi connectivity index (χ1v) is 10.4. The fourth-order valence-electron chi connectivity index (χ4n) is 2.77. The smallest absolute Gasteiger partial charge is 0.259 e. The summed E-state index contributed by atoms with van der Waals surface area (Å²) in [6.07, 6.45) is 0. The highest BCUT2D eigenvalue weighted by atomic mass is 32.1. The van der Waals surface area contributed by atoms with E-state index in [1.54, 1.807) is 29.5 Å². The maximum atomic E-state index is 12.3. The fourth-order valence-corrected chi connectivity index (χ4v) is 3.73. The first-order chi connectivity index (χ1) is 15.0. The summed E-state index contributed by atoms with van der Waals surface area (Å²) >= 11 is 1.61. The van der Waals surface area contributed by atoms with Crippen LogP contribution in [-0.2, 0) is 4.79 Å². The molecular formula is C23H23N3O4S. The van der Waals surface area contributed by atoms with Gasteiger partial charge in [0.2, 0.25) is 0 Å². The number of benzene rings is 2. The highest BCUT2D eigenvalue weighted by molar-refractivity contribution is 7.13. The third-order valence-corrected chi connectivity index (χ3v) is 5.46. The molecule has 3 aromatic rings. The van der Waals surface area contributed by atoms with Gasteiger partial charge in [0, 0.05) is 21.4 Å². The van der Waals surface area contributed by atoms with E-state index in [1.807, 2.05) is 48.7 Å². The molecule has 2 amide bonds. The number of methoxy groups -OCH3 is 2. The largest absolute Gasteiger partial charge is 0.493 e. The average molecular weight is 438 g/mol. The molecule has 160 valence electrons. The summed E-state index contributed by atoms with van der Waals surface area (Å²) in [6, 6.07) is 16.9. The van der Waals surface area contributed by atoms with Crippen LogP contribution >= 0.6 is 11.3 Å². The van der Waals surface area contributed by atoms with E-state index in [0.717, 1.165) is 16.0 Å². The van der Waals surface area contributed by atoms with Crippen LogP contribution in [0.25, 0.3) is 10.4 Å². The van der Waals surface area contributed by atoms with Crippen molar-refractivity contribution in [1.82, 2.24) is 10.7 Å². The van der Waals surface area contributed by atoms with Gasteiger partial charge in [0.15, 0.2) is 11.5 Å². The van der Waals surface area contributed by atoms with E-state index < -0.39 is 11.8 Å². The molecule has 1 aromatic heterocycles. The summed E-state index contributed by atoms with van der Waals surface area (Å²) in [5.74, 6) is 0.129. The van der Waals surface area contributed by atoms with Gasteiger partial charge in [0.1, 0.15) is 0 Å². The highest BCUT2D eigenvalue weighted by Crippen LogP contribution is 2.28.